The van der Waals surface area contributed by atoms with E-state index in [4.69, 9.17) is 4.42 Å². The van der Waals surface area contributed by atoms with E-state index in [0.29, 0.717) is 12.2 Å². The SMILES string of the molecule is C[C@H]1C[C@@H](N(C(=O)C2CC2)c2ccccc2)c2ccccc2N1C(=O)c1ccco1. The van der Waals surface area contributed by atoms with Crippen LogP contribution in [0.4, 0.5) is 11.4 Å². The molecule has 5 nitrogen and oxygen atoms in total. The topological polar surface area (TPSA) is 53.8 Å². The highest BCUT2D eigenvalue weighted by Gasteiger charge is 2.42. The number of benzene rings is 2. The minimum absolute atomic E-state index is 0.0827. The lowest BCUT2D eigenvalue weighted by Gasteiger charge is -2.43. The smallest absolute Gasteiger partial charge is 0.294 e. The molecule has 0 spiro atoms. The number of rotatable bonds is 4. The number of para-hydroxylation sites is 2. The van der Waals surface area contributed by atoms with E-state index in [1.54, 1.807) is 17.0 Å². The van der Waals surface area contributed by atoms with E-state index in [9.17, 15) is 9.59 Å². The minimum atomic E-state index is -0.154. The zero-order valence-electron chi connectivity index (χ0n) is 16.9. The molecule has 0 N–H and O–H groups in total. The van der Waals surface area contributed by atoms with Gasteiger partial charge in [-0.05, 0) is 62.1 Å². The van der Waals surface area contributed by atoms with Gasteiger partial charge in [-0.2, -0.15) is 0 Å². The second-order valence-corrected chi connectivity index (χ2v) is 8.13. The Hall–Kier alpha value is -3.34. The van der Waals surface area contributed by atoms with Crippen LogP contribution in [0, 0.1) is 5.92 Å². The van der Waals surface area contributed by atoms with Gasteiger partial charge in [-0.15, -0.1) is 0 Å². The van der Waals surface area contributed by atoms with Crippen molar-refractivity contribution in [2.45, 2.75) is 38.3 Å². The van der Waals surface area contributed by atoms with E-state index >= 15 is 0 Å². The fourth-order valence-electron chi connectivity index (χ4n) is 4.43. The highest BCUT2D eigenvalue weighted by molar-refractivity contribution is 6.06. The standard InChI is InChI=1S/C25H24N2O3/c1-17-16-22(27(24(28)18-13-14-18)19-8-3-2-4-9-19)20-10-5-6-11-21(20)26(17)25(29)23-12-7-15-30-23/h2-12,15,17-18,22H,13-14,16H2,1H3/t17-,22+/m0/s1. The Bertz CT molecular complexity index is 1060. The van der Waals surface area contributed by atoms with E-state index < -0.39 is 0 Å². The van der Waals surface area contributed by atoms with Crippen LogP contribution in [0.2, 0.25) is 0 Å². The molecule has 2 heterocycles. The van der Waals surface area contributed by atoms with Crippen molar-refractivity contribution in [3.63, 3.8) is 0 Å². The minimum Gasteiger partial charge on any atom is -0.459 e. The van der Waals surface area contributed by atoms with E-state index in [0.717, 1.165) is 29.8 Å². The van der Waals surface area contributed by atoms with E-state index in [1.165, 1.54) is 6.26 Å². The van der Waals surface area contributed by atoms with Gasteiger partial charge in [-0.3, -0.25) is 9.59 Å². The Morgan fingerprint density at radius 2 is 1.70 bits per heavy atom. The fourth-order valence-corrected chi connectivity index (χ4v) is 4.43. The molecule has 2 atom stereocenters. The van der Waals surface area contributed by atoms with Gasteiger partial charge in [0.1, 0.15) is 0 Å². The summed E-state index contributed by atoms with van der Waals surface area (Å²) in [7, 11) is 0. The molecular formula is C25H24N2O3. The van der Waals surface area contributed by atoms with Crippen LogP contribution in [0.15, 0.2) is 77.4 Å². The maximum absolute atomic E-state index is 13.4. The Labute approximate surface area is 175 Å². The Kier molecular flexibility index (Phi) is 4.66. The first-order valence-corrected chi connectivity index (χ1v) is 10.5. The fraction of sp³-hybridized carbons (Fsp3) is 0.280. The van der Waals surface area contributed by atoms with Crippen molar-refractivity contribution >= 4 is 23.2 Å². The molecule has 0 radical (unpaired) electrons. The van der Waals surface area contributed by atoms with Gasteiger partial charge in [0.25, 0.3) is 5.91 Å². The van der Waals surface area contributed by atoms with Gasteiger partial charge >= 0.3 is 0 Å². The normalized spacial score (nSPS) is 20.5. The van der Waals surface area contributed by atoms with E-state index in [1.807, 2.05) is 66.4 Å². The molecule has 1 aromatic heterocycles. The number of fused-ring (bicyclic) bond motifs is 1. The first-order valence-electron chi connectivity index (χ1n) is 10.5. The van der Waals surface area contributed by atoms with Crippen molar-refractivity contribution in [2.24, 2.45) is 5.92 Å². The maximum atomic E-state index is 13.4. The molecule has 5 rings (SSSR count). The Morgan fingerprint density at radius 3 is 2.40 bits per heavy atom. The molecule has 2 aliphatic rings. The summed E-state index contributed by atoms with van der Waals surface area (Å²) in [6.45, 7) is 2.04. The maximum Gasteiger partial charge on any atom is 0.294 e. The van der Waals surface area contributed by atoms with Gasteiger partial charge in [0, 0.05) is 23.3 Å². The monoisotopic (exact) mass is 400 g/mol. The number of hydrogen-bond donors (Lipinski definition) is 0. The molecule has 1 aliphatic heterocycles. The third-order valence-corrected chi connectivity index (χ3v) is 6.02. The summed E-state index contributed by atoms with van der Waals surface area (Å²) in [4.78, 5) is 30.3. The molecule has 1 fully saturated rings. The molecule has 5 heteroatoms. The van der Waals surface area contributed by atoms with Gasteiger partial charge in [-0.1, -0.05) is 36.4 Å². The molecule has 3 aromatic rings. The van der Waals surface area contributed by atoms with Crippen LogP contribution in [0.3, 0.4) is 0 Å². The molecule has 1 aliphatic carbocycles. The summed E-state index contributed by atoms with van der Waals surface area (Å²) in [6, 6.07) is 21.0. The Balaban J connectivity index is 1.59. The van der Waals surface area contributed by atoms with Crippen molar-refractivity contribution < 1.29 is 14.0 Å². The number of amides is 2. The van der Waals surface area contributed by atoms with Crippen LogP contribution in [0.5, 0.6) is 0 Å². The second-order valence-electron chi connectivity index (χ2n) is 8.13. The summed E-state index contributed by atoms with van der Waals surface area (Å²) in [5, 5.41) is 0. The molecule has 2 aromatic carbocycles. The summed E-state index contributed by atoms with van der Waals surface area (Å²) < 4.78 is 5.38. The van der Waals surface area contributed by atoms with Crippen LogP contribution in [-0.4, -0.2) is 17.9 Å². The molecule has 0 unspecified atom stereocenters. The number of anilines is 2. The first kappa shape index (κ1) is 18.7. The summed E-state index contributed by atoms with van der Waals surface area (Å²) in [5.74, 6) is 0.455. The lowest BCUT2D eigenvalue weighted by Crippen LogP contribution is -2.48. The molecule has 0 bridgehead atoms. The number of nitrogens with zero attached hydrogens (tertiary/aromatic N) is 2. The van der Waals surface area contributed by atoms with Crippen molar-refractivity contribution in [3.05, 3.63) is 84.3 Å². The molecule has 30 heavy (non-hydrogen) atoms. The van der Waals surface area contributed by atoms with Crippen molar-refractivity contribution in [2.75, 3.05) is 9.80 Å². The molecular weight excluding hydrogens is 376 g/mol. The molecule has 152 valence electrons. The average Bonchev–Trinajstić information content (AvgIpc) is 3.48. The lowest BCUT2D eigenvalue weighted by molar-refractivity contribution is -0.120. The largest absolute Gasteiger partial charge is 0.459 e. The third-order valence-electron chi connectivity index (χ3n) is 6.02. The van der Waals surface area contributed by atoms with Crippen molar-refractivity contribution in [1.29, 1.82) is 0 Å². The number of hydrogen-bond acceptors (Lipinski definition) is 3. The van der Waals surface area contributed by atoms with Crippen LogP contribution in [0.25, 0.3) is 0 Å². The zero-order valence-corrected chi connectivity index (χ0v) is 16.9. The van der Waals surface area contributed by atoms with E-state index in [2.05, 4.69) is 0 Å². The van der Waals surface area contributed by atoms with Crippen molar-refractivity contribution in [1.82, 2.24) is 0 Å². The number of furan rings is 1. The highest BCUT2D eigenvalue weighted by Crippen LogP contribution is 2.45. The summed E-state index contributed by atoms with van der Waals surface area (Å²) in [6.07, 6.45) is 4.09. The lowest BCUT2D eigenvalue weighted by atomic mass is 9.89. The molecule has 1 saturated carbocycles. The predicted octanol–water partition coefficient (Wildman–Crippen LogP) is 5.20. The van der Waals surface area contributed by atoms with Gasteiger partial charge < -0.3 is 14.2 Å². The van der Waals surface area contributed by atoms with Crippen LogP contribution in [0.1, 0.15) is 48.3 Å². The van der Waals surface area contributed by atoms with Gasteiger partial charge in [0.2, 0.25) is 5.91 Å². The average molecular weight is 400 g/mol. The van der Waals surface area contributed by atoms with Crippen molar-refractivity contribution in [3.8, 4) is 0 Å². The highest BCUT2D eigenvalue weighted by atomic mass is 16.3. The van der Waals surface area contributed by atoms with Gasteiger partial charge in [-0.25, -0.2) is 0 Å². The second kappa shape index (κ2) is 7.48. The first-order chi connectivity index (χ1) is 14.6. The van der Waals surface area contributed by atoms with Gasteiger partial charge in [0.05, 0.1) is 12.3 Å². The molecule has 0 saturated heterocycles. The van der Waals surface area contributed by atoms with Crippen LogP contribution >= 0.6 is 0 Å². The predicted molar refractivity (Wildman–Crippen MR) is 115 cm³/mol. The summed E-state index contributed by atoms with van der Waals surface area (Å²) >= 11 is 0. The number of carbonyl (C=O) groups is 2. The number of carbonyl (C=O) groups excluding carboxylic acids is 2. The Morgan fingerprint density at radius 1 is 0.967 bits per heavy atom. The quantitative estimate of drug-likeness (QED) is 0.605. The summed E-state index contributed by atoms with van der Waals surface area (Å²) in [5.41, 5.74) is 2.74. The van der Waals surface area contributed by atoms with Crippen LogP contribution < -0.4 is 9.80 Å². The van der Waals surface area contributed by atoms with E-state index in [-0.39, 0.29) is 29.8 Å². The third kappa shape index (κ3) is 3.20. The zero-order chi connectivity index (χ0) is 20.7. The molecule has 2 amide bonds. The van der Waals surface area contributed by atoms with Gasteiger partial charge in [0.15, 0.2) is 5.76 Å². The van der Waals surface area contributed by atoms with Crippen LogP contribution in [-0.2, 0) is 4.79 Å².